The van der Waals surface area contributed by atoms with Crippen LogP contribution in [0.25, 0.3) is 0 Å². The van der Waals surface area contributed by atoms with Crippen LogP contribution in [-0.4, -0.2) is 27.1 Å². The van der Waals surface area contributed by atoms with E-state index in [1.54, 1.807) is 29.2 Å². The molecule has 0 radical (unpaired) electrons. The molecule has 0 fully saturated rings. The normalized spacial score (nSPS) is 14.2. The van der Waals surface area contributed by atoms with Crippen LogP contribution in [0.5, 0.6) is 0 Å². The Morgan fingerprint density at radius 3 is 2.57 bits per heavy atom. The fourth-order valence-electron chi connectivity index (χ4n) is 2.80. The maximum atomic E-state index is 12.7. The molecule has 0 spiro atoms. The van der Waals surface area contributed by atoms with Crippen LogP contribution in [0.1, 0.15) is 22.3 Å². The van der Waals surface area contributed by atoms with E-state index in [-0.39, 0.29) is 5.91 Å². The molecule has 1 aliphatic heterocycles. The highest BCUT2D eigenvalue weighted by Gasteiger charge is 2.24. The number of carbonyl (C=O) groups excluding carboxylic acids is 1. The van der Waals surface area contributed by atoms with Gasteiger partial charge >= 0.3 is 0 Å². The van der Waals surface area contributed by atoms with Crippen LogP contribution in [0.3, 0.4) is 0 Å². The molecule has 0 saturated heterocycles. The minimum absolute atomic E-state index is 0.0666. The smallest absolute Gasteiger partial charge is 0.258 e. The second-order valence-corrected chi connectivity index (χ2v) is 7.39. The summed E-state index contributed by atoms with van der Waals surface area (Å²) in [5, 5.41) is 0. The largest absolute Gasteiger partial charge is 0.308 e. The molecule has 1 heterocycles. The van der Waals surface area contributed by atoms with Crippen LogP contribution in [0.15, 0.2) is 48.5 Å². The summed E-state index contributed by atoms with van der Waals surface area (Å²) < 4.78 is 25.3. The molecular formula is C17H18N2O3S. The predicted octanol–water partition coefficient (Wildman–Crippen LogP) is 2.65. The Bertz CT molecular complexity index is 832. The first-order valence-electron chi connectivity index (χ1n) is 7.42. The van der Waals surface area contributed by atoms with Crippen molar-refractivity contribution < 1.29 is 13.2 Å². The molecule has 0 bridgehead atoms. The van der Waals surface area contributed by atoms with Crippen molar-refractivity contribution in [3.05, 3.63) is 59.7 Å². The fraction of sp³-hybridized carbons (Fsp3) is 0.235. The van der Waals surface area contributed by atoms with E-state index in [1.165, 1.54) is 0 Å². The maximum Gasteiger partial charge on any atom is 0.258 e. The summed E-state index contributed by atoms with van der Waals surface area (Å²) in [4.78, 5) is 14.5. The van der Waals surface area contributed by atoms with Crippen molar-refractivity contribution in [3.63, 3.8) is 0 Å². The maximum absolute atomic E-state index is 12.7. The van der Waals surface area contributed by atoms with E-state index in [2.05, 4.69) is 4.72 Å². The van der Waals surface area contributed by atoms with Crippen LogP contribution in [0.2, 0.25) is 0 Å². The number of sulfonamides is 1. The number of rotatable bonds is 3. The highest BCUT2D eigenvalue weighted by molar-refractivity contribution is 7.92. The number of anilines is 2. The molecule has 2 aromatic rings. The Labute approximate surface area is 136 Å². The van der Waals surface area contributed by atoms with E-state index < -0.39 is 10.0 Å². The van der Waals surface area contributed by atoms with Crippen LogP contribution >= 0.6 is 0 Å². The number of amides is 1. The summed E-state index contributed by atoms with van der Waals surface area (Å²) in [7, 11) is -3.35. The molecule has 23 heavy (non-hydrogen) atoms. The summed E-state index contributed by atoms with van der Waals surface area (Å²) in [6.07, 6.45) is 2.89. The Hall–Kier alpha value is -2.34. The van der Waals surface area contributed by atoms with Crippen molar-refractivity contribution in [1.82, 2.24) is 0 Å². The molecule has 2 aromatic carbocycles. The Morgan fingerprint density at radius 1 is 1.13 bits per heavy atom. The second-order valence-electron chi connectivity index (χ2n) is 5.64. The lowest BCUT2D eigenvalue weighted by atomic mass is 10.00. The zero-order valence-electron chi connectivity index (χ0n) is 12.8. The minimum Gasteiger partial charge on any atom is -0.308 e. The van der Waals surface area contributed by atoms with Crippen molar-refractivity contribution >= 4 is 27.3 Å². The standard InChI is InChI=1S/C17H18N2O3S/c1-23(21,22)18-15-10-9-13-8-5-11-19(16(13)12-15)17(20)14-6-3-2-4-7-14/h2-4,6-7,9-10,12,18H,5,8,11H2,1H3. The van der Waals surface area contributed by atoms with E-state index in [1.807, 2.05) is 24.3 Å². The van der Waals surface area contributed by atoms with Gasteiger partial charge in [-0.3, -0.25) is 9.52 Å². The van der Waals surface area contributed by atoms with E-state index in [4.69, 9.17) is 0 Å². The number of carbonyl (C=O) groups is 1. The van der Waals surface area contributed by atoms with Crippen LogP contribution < -0.4 is 9.62 Å². The molecule has 3 rings (SSSR count). The SMILES string of the molecule is CS(=O)(=O)Nc1ccc2c(c1)N(C(=O)c1ccccc1)CCC2. The van der Waals surface area contributed by atoms with Gasteiger partial charge in [-0.2, -0.15) is 0 Å². The molecule has 1 N–H and O–H groups in total. The number of aryl methyl sites for hydroxylation is 1. The van der Waals surface area contributed by atoms with Crippen LogP contribution in [0, 0.1) is 0 Å². The van der Waals surface area contributed by atoms with E-state index >= 15 is 0 Å². The van der Waals surface area contributed by atoms with Gasteiger partial charge in [-0.25, -0.2) is 8.42 Å². The average molecular weight is 330 g/mol. The minimum atomic E-state index is -3.35. The lowest BCUT2D eigenvalue weighted by Gasteiger charge is -2.30. The van der Waals surface area contributed by atoms with Gasteiger partial charge in [0, 0.05) is 17.8 Å². The topological polar surface area (TPSA) is 66.5 Å². The van der Waals surface area contributed by atoms with Gasteiger partial charge in [0.2, 0.25) is 10.0 Å². The average Bonchev–Trinajstić information content (AvgIpc) is 2.53. The number of hydrogen-bond donors (Lipinski definition) is 1. The molecule has 5 nitrogen and oxygen atoms in total. The first-order valence-corrected chi connectivity index (χ1v) is 9.31. The van der Waals surface area contributed by atoms with Gasteiger partial charge in [-0.15, -0.1) is 0 Å². The van der Waals surface area contributed by atoms with Gasteiger partial charge in [0.15, 0.2) is 0 Å². The molecule has 0 saturated carbocycles. The van der Waals surface area contributed by atoms with E-state index in [0.717, 1.165) is 30.3 Å². The Morgan fingerprint density at radius 2 is 1.87 bits per heavy atom. The molecule has 1 amide bonds. The molecule has 0 atom stereocenters. The number of nitrogens with zero attached hydrogens (tertiary/aromatic N) is 1. The van der Waals surface area contributed by atoms with Gasteiger partial charge in [0.25, 0.3) is 5.91 Å². The molecule has 120 valence electrons. The third kappa shape index (κ3) is 3.53. The summed E-state index contributed by atoms with van der Waals surface area (Å²) in [6, 6.07) is 14.5. The Balaban J connectivity index is 1.97. The first kappa shape index (κ1) is 15.6. The van der Waals surface area contributed by atoms with Crippen molar-refractivity contribution in [2.45, 2.75) is 12.8 Å². The lowest BCUT2D eigenvalue weighted by molar-refractivity contribution is 0.0985. The highest BCUT2D eigenvalue weighted by Crippen LogP contribution is 2.31. The number of benzene rings is 2. The van der Waals surface area contributed by atoms with E-state index in [9.17, 15) is 13.2 Å². The quantitative estimate of drug-likeness (QED) is 0.941. The van der Waals surface area contributed by atoms with Crippen molar-refractivity contribution in [1.29, 1.82) is 0 Å². The van der Waals surface area contributed by atoms with E-state index in [0.29, 0.717) is 17.8 Å². The monoisotopic (exact) mass is 330 g/mol. The summed E-state index contributed by atoms with van der Waals surface area (Å²) in [5.74, 6) is -0.0666. The summed E-state index contributed by atoms with van der Waals surface area (Å²) in [6.45, 7) is 0.628. The van der Waals surface area contributed by atoms with Gasteiger partial charge in [-0.1, -0.05) is 24.3 Å². The number of nitrogens with one attached hydrogen (secondary N) is 1. The van der Waals surface area contributed by atoms with Crippen LogP contribution in [-0.2, 0) is 16.4 Å². The van der Waals surface area contributed by atoms with Gasteiger partial charge in [0.05, 0.1) is 11.9 Å². The molecule has 0 unspecified atom stereocenters. The van der Waals surface area contributed by atoms with Crippen molar-refractivity contribution in [2.75, 3.05) is 22.4 Å². The number of fused-ring (bicyclic) bond motifs is 1. The van der Waals surface area contributed by atoms with Crippen molar-refractivity contribution in [2.24, 2.45) is 0 Å². The molecular weight excluding hydrogens is 312 g/mol. The number of hydrogen-bond acceptors (Lipinski definition) is 3. The summed E-state index contributed by atoms with van der Waals surface area (Å²) >= 11 is 0. The predicted molar refractivity (Wildman–Crippen MR) is 91.3 cm³/mol. The molecule has 6 heteroatoms. The second kappa shape index (κ2) is 6.04. The third-order valence-electron chi connectivity index (χ3n) is 3.77. The van der Waals surface area contributed by atoms with Crippen LogP contribution in [0.4, 0.5) is 11.4 Å². The lowest BCUT2D eigenvalue weighted by Crippen LogP contribution is -2.35. The van der Waals surface area contributed by atoms with Crippen molar-refractivity contribution in [3.8, 4) is 0 Å². The first-order chi connectivity index (χ1) is 10.9. The van der Waals surface area contributed by atoms with Gasteiger partial charge < -0.3 is 4.90 Å². The zero-order chi connectivity index (χ0) is 16.4. The summed E-state index contributed by atoms with van der Waals surface area (Å²) in [5.41, 5.74) is 2.93. The molecule has 1 aliphatic rings. The Kier molecular flexibility index (Phi) is 4.09. The van der Waals surface area contributed by atoms with Gasteiger partial charge in [0.1, 0.15) is 0 Å². The zero-order valence-corrected chi connectivity index (χ0v) is 13.6. The highest BCUT2D eigenvalue weighted by atomic mass is 32.2. The van der Waals surface area contributed by atoms with Gasteiger partial charge in [-0.05, 0) is 42.7 Å². The fourth-order valence-corrected chi connectivity index (χ4v) is 3.35. The third-order valence-corrected chi connectivity index (χ3v) is 4.38. The molecule has 0 aliphatic carbocycles. The molecule has 0 aromatic heterocycles.